The fourth-order valence-electron chi connectivity index (χ4n) is 3.81. The van der Waals surface area contributed by atoms with E-state index in [1.54, 1.807) is 6.92 Å². The summed E-state index contributed by atoms with van der Waals surface area (Å²) in [7, 11) is 0. The van der Waals surface area contributed by atoms with Gasteiger partial charge in [-0.05, 0) is 42.5 Å². The van der Waals surface area contributed by atoms with E-state index >= 15 is 0 Å². The maximum Gasteiger partial charge on any atom is 0.408 e. The van der Waals surface area contributed by atoms with Crippen molar-refractivity contribution in [3.05, 3.63) is 94.3 Å². The summed E-state index contributed by atoms with van der Waals surface area (Å²) in [5, 5.41) is 8.83. The highest BCUT2D eigenvalue weighted by atomic mass is 32.1. The molecule has 2 aromatic carbocycles. The van der Waals surface area contributed by atoms with Gasteiger partial charge in [-0.25, -0.2) is 4.79 Å². The second-order valence-electron chi connectivity index (χ2n) is 8.25. The first-order valence-corrected chi connectivity index (χ1v) is 11.7. The van der Waals surface area contributed by atoms with Crippen molar-refractivity contribution in [3.63, 3.8) is 0 Å². The second kappa shape index (κ2) is 9.92. The fraction of sp³-hybridized carbons (Fsp3) is 0.231. The van der Waals surface area contributed by atoms with Crippen LogP contribution in [0.4, 0.5) is 4.79 Å². The summed E-state index contributed by atoms with van der Waals surface area (Å²) in [5.74, 6) is -0.280. The molecule has 3 N–H and O–H groups in total. The number of nitrogens with one attached hydrogen (secondary N) is 3. The largest absolute Gasteiger partial charge is 0.444 e. The predicted molar refractivity (Wildman–Crippen MR) is 131 cm³/mol. The van der Waals surface area contributed by atoms with Gasteiger partial charge in [-0.1, -0.05) is 54.6 Å². The number of aromatic nitrogens is 1. The minimum absolute atomic E-state index is 0.161. The average Bonchev–Trinajstić information content (AvgIpc) is 3.48. The molecule has 2 heterocycles. The lowest BCUT2D eigenvalue weighted by molar-refractivity contribution is -0.127. The first-order chi connectivity index (χ1) is 15.9. The molecule has 6 nitrogen and oxygen atoms in total. The maximum absolute atomic E-state index is 13.5. The molecule has 0 aliphatic heterocycles. The fourth-order valence-corrected chi connectivity index (χ4v) is 4.43. The Balaban J connectivity index is 1.54. The van der Waals surface area contributed by atoms with Crippen LogP contribution in [0.5, 0.6) is 0 Å². The molecule has 170 valence electrons. The molecule has 0 saturated heterocycles. The molecule has 0 aliphatic carbocycles. The molecule has 0 fully saturated rings. The van der Waals surface area contributed by atoms with Crippen molar-refractivity contribution in [2.24, 2.45) is 0 Å². The van der Waals surface area contributed by atoms with E-state index in [4.69, 9.17) is 4.74 Å². The summed E-state index contributed by atoms with van der Waals surface area (Å²) in [5.41, 5.74) is 1.68. The number of hydrogen-bond donors (Lipinski definition) is 3. The van der Waals surface area contributed by atoms with Gasteiger partial charge in [0.05, 0.1) is 6.04 Å². The lowest BCUT2D eigenvalue weighted by Crippen LogP contribution is -2.58. The lowest BCUT2D eigenvalue weighted by Gasteiger charge is -2.30. The topological polar surface area (TPSA) is 83.2 Å². The number of aromatic amines is 1. The second-order valence-corrected chi connectivity index (χ2v) is 9.29. The third kappa shape index (κ3) is 5.43. The number of benzene rings is 2. The highest BCUT2D eigenvalue weighted by molar-refractivity contribution is 7.09. The molecule has 0 aliphatic rings. The Kier molecular flexibility index (Phi) is 6.79. The van der Waals surface area contributed by atoms with Crippen LogP contribution in [-0.4, -0.2) is 22.5 Å². The quantitative estimate of drug-likeness (QED) is 0.331. The zero-order valence-electron chi connectivity index (χ0n) is 18.6. The molecule has 33 heavy (non-hydrogen) atoms. The minimum Gasteiger partial charge on any atom is -0.444 e. The average molecular weight is 462 g/mol. The molecular weight excluding hydrogens is 434 g/mol. The molecule has 4 aromatic rings. The van der Waals surface area contributed by atoms with E-state index < -0.39 is 11.6 Å². The van der Waals surface area contributed by atoms with Crippen LogP contribution in [0, 0.1) is 0 Å². The van der Waals surface area contributed by atoms with Gasteiger partial charge in [0.15, 0.2) is 0 Å². The third-order valence-corrected chi connectivity index (χ3v) is 6.52. The smallest absolute Gasteiger partial charge is 0.408 e. The van der Waals surface area contributed by atoms with Crippen molar-refractivity contribution in [1.29, 1.82) is 0 Å². The van der Waals surface area contributed by atoms with Crippen LogP contribution in [0.25, 0.3) is 10.9 Å². The number of carbonyl (C=O) groups excluding carboxylic acids is 2. The normalized spacial score (nSPS) is 13.8. The third-order valence-electron chi connectivity index (χ3n) is 5.67. The molecule has 0 unspecified atom stereocenters. The van der Waals surface area contributed by atoms with E-state index in [0.29, 0.717) is 6.42 Å². The number of amides is 2. The van der Waals surface area contributed by atoms with Crippen molar-refractivity contribution in [3.8, 4) is 0 Å². The van der Waals surface area contributed by atoms with Gasteiger partial charge in [0.1, 0.15) is 12.1 Å². The van der Waals surface area contributed by atoms with Gasteiger partial charge in [0.2, 0.25) is 5.91 Å². The molecule has 2 atom stereocenters. The summed E-state index contributed by atoms with van der Waals surface area (Å²) in [6.07, 6.45) is 1.56. The monoisotopic (exact) mass is 461 g/mol. The van der Waals surface area contributed by atoms with Crippen LogP contribution in [0.15, 0.2) is 78.3 Å². The Labute approximate surface area is 197 Å². The van der Waals surface area contributed by atoms with Crippen molar-refractivity contribution in [1.82, 2.24) is 15.6 Å². The van der Waals surface area contributed by atoms with Crippen molar-refractivity contribution < 1.29 is 14.3 Å². The van der Waals surface area contributed by atoms with E-state index in [0.717, 1.165) is 26.9 Å². The van der Waals surface area contributed by atoms with Crippen molar-refractivity contribution >= 4 is 34.2 Å². The Bertz CT molecular complexity index is 1220. The zero-order chi connectivity index (χ0) is 23.3. The number of para-hydroxylation sites is 1. The Morgan fingerprint density at radius 1 is 1.06 bits per heavy atom. The predicted octanol–water partition coefficient (Wildman–Crippen LogP) is 5.33. The van der Waals surface area contributed by atoms with Gasteiger partial charge >= 0.3 is 6.09 Å². The molecule has 0 radical (unpaired) electrons. The summed E-state index contributed by atoms with van der Waals surface area (Å²) in [6, 6.07) is 21.2. The molecule has 0 saturated carbocycles. The molecule has 0 bridgehead atoms. The van der Waals surface area contributed by atoms with E-state index in [-0.39, 0.29) is 18.6 Å². The van der Waals surface area contributed by atoms with E-state index in [9.17, 15) is 9.59 Å². The van der Waals surface area contributed by atoms with Crippen LogP contribution in [0.3, 0.4) is 0 Å². The zero-order valence-corrected chi connectivity index (χ0v) is 19.4. The lowest BCUT2D eigenvalue weighted by atomic mass is 9.91. The summed E-state index contributed by atoms with van der Waals surface area (Å²) < 4.78 is 5.40. The van der Waals surface area contributed by atoms with Gasteiger partial charge in [0.25, 0.3) is 0 Å². The van der Waals surface area contributed by atoms with Crippen molar-refractivity contribution in [2.75, 3.05) is 0 Å². The minimum atomic E-state index is -1.22. The number of rotatable bonds is 8. The summed E-state index contributed by atoms with van der Waals surface area (Å²) >= 11 is 1.51. The molecule has 4 rings (SSSR count). The molecule has 2 aromatic heterocycles. The first-order valence-electron chi connectivity index (χ1n) is 10.8. The Morgan fingerprint density at radius 2 is 1.82 bits per heavy atom. The number of carbonyl (C=O) groups is 2. The number of ether oxygens (including phenoxy) is 1. The number of fused-ring (bicyclic) bond motifs is 1. The standard InChI is InChI=1S/C26H27N3O3S/c1-18(19-9-4-3-5-10-19)28-24(30)26(2,29-25(31)32-17-21-11-8-14-33-21)15-20-16-27-23-13-7-6-12-22(20)23/h3-14,16,18,27H,15,17H2,1-2H3,(H,28,30)(H,29,31)/t18-,26-/m1/s1. The SMILES string of the molecule is C[C@@H](NC(=O)[C@@](C)(Cc1c[nH]c2ccccc12)NC(=O)OCc1cccs1)c1ccccc1. The van der Waals surface area contributed by atoms with Crippen LogP contribution in [0.2, 0.25) is 0 Å². The molecule has 7 heteroatoms. The highest BCUT2D eigenvalue weighted by Gasteiger charge is 2.37. The number of hydrogen-bond acceptors (Lipinski definition) is 4. The maximum atomic E-state index is 13.5. The van der Waals surface area contributed by atoms with E-state index in [1.807, 2.05) is 85.2 Å². The molecule has 2 amide bonds. The summed E-state index contributed by atoms with van der Waals surface area (Å²) in [4.78, 5) is 30.4. The van der Waals surface area contributed by atoms with Crippen molar-refractivity contribution in [2.45, 2.75) is 38.5 Å². The van der Waals surface area contributed by atoms with Gasteiger partial charge in [0, 0.05) is 28.4 Å². The number of thiophene rings is 1. The van der Waals surface area contributed by atoms with Crippen LogP contribution in [0.1, 0.15) is 35.9 Å². The summed E-state index contributed by atoms with van der Waals surface area (Å²) in [6.45, 7) is 3.82. The number of alkyl carbamates (subject to hydrolysis) is 1. The van der Waals surface area contributed by atoms with Crippen LogP contribution < -0.4 is 10.6 Å². The van der Waals surface area contributed by atoms with Crippen LogP contribution >= 0.6 is 11.3 Å². The van der Waals surface area contributed by atoms with Gasteiger partial charge in [-0.15, -0.1) is 11.3 Å². The number of H-pyrrole nitrogens is 1. The van der Waals surface area contributed by atoms with Crippen LogP contribution in [-0.2, 0) is 22.6 Å². The van der Waals surface area contributed by atoms with Gasteiger partial charge in [-0.3, -0.25) is 4.79 Å². The first kappa shape index (κ1) is 22.6. The Morgan fingerprint density at radius 3 is 2.58 bits per heavy atom. The van der Waals surface area contributed by atoms with Gasteiger partial charge < -0.3 is 20.4 Å². The molecule has 0 spiro atoms. The van der Waals surface area contributed by atoms with Gasteiger partial charge in [-0.2, -0.15) is 0 Å². The van der Waals surface area contributed by atoms with E-state index in [2.05, 4.69) is 15.6 Å². The Hall–Kier alpha value is -3.58. The molecular formula is C26H27N3O3S. The van der Waals surface area contributed by atoms with E-state index in [1.165, 1.54) is 11.3 Å². The highest BCUT2D eigenvalue weighted by Crippen LogP contribution is 2.24.